The lowest BCUT2D eigenvalue weighted by Gasteiger charge is -2.36. The lowest BCUT2D eigenvalue weighted by Crippen LogP contribution is -2.55. The number of hydrogen-bond donors (Lipinski definition) is 2. The molecule has 6 nitrogen and oxygen atoms in total. The summed E-state index contributed by atoms with van der Waals surface area (Å²) in [7, 11) is 0. The van der Waals surface area contributed by atoms with Gasteiger partial charge in [-0.15, -0.1) is 0 Å². The van der Waals surface area contributed by atoms with E-state index in [0.717, 1.165) is 32.4 Å². The molecule has 2 amide bonds. The molecule has 0 spiro atoms. The van der Waals surface area contributed by atoms with Gasteiger partial charge in [0, 0.05) is 13.1 Å². The Bertz CT molecular complexity index is 397. The molecular formula is C13H20N2O4. The van der Waals surface area contributed by atoms with Crippen LogP contribution in [0.25, 0.3) is 0 Å². The molecule has 1 atom stereocenters. The van der Waals surface area contributed by atoms with Gasteiger partial charge in [-0.1, -0.05) is 6.42 Å². The first-order chi connectivity index (χ1) is 8.97. The van der Waals surface area contributed by atoms with Crippen molar-refractivity contribution in [2.45, 2.75) is 45.1 Å². The van der Waals surface area contributed by atoms with E-state index in [1.54, 1.807) is 11.8 Å². The maximum absolute atomic E-state index is 12.1. The highest BCUT2D eigenvalue weighted by Gasteiger charge is 2.51. The van der Waals surface area contributed by atoms with Crippen molar-refractivity contribution in [1.29, 1.82) is 0 Å². The fraction of sp³-hybridized carbons (Fsp3) is 0.769. The van der Waals surface area contributed by atoms with Gasteiger partial charge in [-0.25, -0.2) is 0 Å². The minimum Gasteiger partial charge on any atom is -0.480 e. The molecule has 0 aromatic carbocycles. The molecule has 1 saturated carbocycles. The second kappa shape index (κ2) is 5.19. The standard InChI is InChI=1S/C13H20N2O4/c1-9(10(16)15-7-2-3-8-15)14-11(17)13(12(18)19)5-4-6-13/h9H,2-8H2,1H3,(H,14,17)(H,18,19). The van der Waals surface area contributed by atoms with E-state index < -0.39 is 23.3 Å². The van der Waals surface area contributed by atoms with Crippen LogP contribution >= 0.6 is 0 Å². The van der Waals surface area contributed by atoms with Crippen LogP contribution < -0.4 is 5.32 Å². The van der Waals surface area contributed by atoms with Gasteiger partial charge in [0.1, 0.15) is 11.5 Å². The number of hydrogen-bond acceptors (Lipinski definition) is 3. The highest BCUT2D eigenvalue weighted by Crippen LogP contribution is 2.41. The first-order valence-corrected chi connectivity index (χ1v) is 6.80. The number of carboxylic acids is 1. The van der Waals surface area contributed by atoms with Crippen LogP contribution in [0.4, 0.5) is 0 Å². The Morgan fingerprint density at radius 1 is 1.16 bits per heavy atom. The van der Waals surface area contributed by atoms with Crippen LogP contribution in [0.15, 0.2) is 0 Å². The number of rotatable bonds is 4. The summed E-state index contributed by atoms with van der Waals surface area (Å²) in [6, 6.07) is -0.651. The molecule has 2 fully saturated rings. The number of aliphatic carboxylic acids is 1. The van der Waals surface area contributed by atoms with Crippen molar-refractivity contribution in [2.75, 3.05) is 13.1 Å². The van der Waals surface area contributed by atoms with E-state index in [4.69, 9.17) is 5.11 Å². The predicted octanol–water partition coefficient (Wildman–Crippen LogP) is 0.368. The van der Waals surface area contributed by atoms with E-state index in [9.17, 15) is 14.4 Å². The molecule has 2 N–H and O–H groups in total. The summed E-state index contributed by atoms with van der Waals surface area (Å²) in [5.74, 6) is -1.73. The maximum atomic E-state index is 12.1. The third-order valence-electron chi connectivity index (χ3n) is 4.19. The highest BCUT2D eigenvalue weighted by atomic mass is 16.4. The molecule has 0 radical (unpaired) electrons. The monoisotopic (exact) mass is 268 g/mol. The van der Waals surface area contributed by atoms with Gasteiger partial charge < -0.3 is 15.3 Å². The molecule has 2 rings (SSSR count). The van der Waals surface area contributed by atoms with Crippen LogP contribution in [-0.4, -0.2) is 46.9 Å². The zero-order valence-corrected chi connectivity index (χ0v) is 11.1. The molecule has 0 bridgehead atoms. The fourth-order valence-electron chi connectivity index (χ4n) is 2.68. The average Bonchev–Trinajstić information content (AvgIpc) is 2.78. The van der Waals surface area contributed by atoms with Gasteiger partial charge in [0.15, 0.2) is 0 Å². The first kappa shape index (κ1) is 13.8. The Balaban J connectivity index is 1.94. The van der Waals surface area contributed by atoms with Crippen molar-refractivity contribution in [1.82, 2.24) is 10.2 Å². The summed E-state index contributed by atoms with van der Waals surface area (Å²) in [6.45, 7) is 3.07. The van der Waals surface area contributed by atoms with E-state index in [1.165, 1.54) is 0 Å². The molecule has 106 valence electrons. The zero-order valence-electron chi connectivity index (χ0n) is 11.1. The zero-order chi connectivity index (χ0) is 14.0. The Labute approximate surface area is 112 Å². The summed E-state index contributed by atoms with van der Waals surface area (Å²) in [5.41, 5.74) is -1.31. The van der Waals surface area contributed by atoms with Crippen LogP contribution in [-0.2, 0) is 14.4 Å². The highest BCUT2D eigenvalue weighted by molar-refractivity contribution is 6.04. The Kier molecular flexibility index (Phi) is 3.78. The molecule has 0 aromatic rings. The number of likely N-dealkylation sites (tertiary alicyclic amines) is 1. The quantitative estimate of drug-likeness (QED) is 0.721. The number of nitrogens with zero attached hydrogens (tertiary/aromatic N) is 1. The van der Waals surface area contributed by atoms with E-state index in [-0.39, 0.29) is 5.91 Å². The Hall–Kier alpha value is -1.59. The topological polar surface area (TPSA) is 86.7 Å². The Morgan fingerprint density at radius 2 is 1.74 bits per heavy atom. The van der Waals surface area contributed by atoms with E-state index >= 15 is 0 Å². The fourth-order valence-corrected chi connectivity index (χ4v) is 2.68. The van der Waals surface area contributed by atoms with Crippen molar-refractivity contribution in [2.24, 2.45) is 5.41 Å². The average molecular weight is 268 g/mol. The number of carbonyl (C=O) groups is 3. The molecule has 6 heteroatoms. The molecule has 1 saturated heterocycles. The summed E-state index contributed by atoms with van der Waals surface area (Å²) in [6.07, 6.45) is 3.45. The van der Waals surface area contributed by atoms with Crippen LogP contribution in [0.1, 0.15) is 39.0 Å². The summed E-state index contributed by atoms with van der Waals surface area (Å²) in [5, 5.41) is 11.7. The smallest absolute Gasteiger partial charge is 0.319 e. The van der Waals surface area contributed by atoms with Crippen molar-refractivity contribution in [3.8, 4) is 0 Å². The maximum Gasteiger partial charge on any atom is 0.319 e. The Morgan fingerprint density at radius 3 is 2.16 bits per heavy atom. The molecule has 1 aliphatic heterocycles. The van der Waals surface area contributed by atoms with E-state index in [2.05, 4.69) is 5.32 Å². The number of amides is 2. The summed E-state index contributed by atoms with van der Waals surface area (Å²) < 4.78 is 0. The van der Waals surface area contributed by atoms with Gasteiger partial charge in [0.2, 0.25) is 11.8 Å². The molecule has 1 unspecified atom stereocenters. The molecule has 0 aromatic heterocycles. The summed E-state index contributed by atoms with van der Waals surface area (Å²) in [4.78, 5) is 37.0. The molecule has 19 heavy (non-hydrogen) atoms. The van der Waals surface area contributed by atoms with Gasteiger partial charge in [0.05, 0.1) is 0 Å². The SMILES string of the molecule is CC(NC(=O)C1(C(=O)O)CCC1)C(=O)N1CCCC1. The van der Waals surface area contributed by atoms with Crippen molar-refractivity contribution >= 4 is 17.8 Å². The predicted molar refractivity (Wildman–Crippen MR) is 67.3 cm³/mol. The summed E-state index contributed by atoms with van der Waals surface area (Å²) >= 11 is 0. The van der Waals surface area contributed by atoms with Gasteiger partial charge in [0.25, 0.3) is 0 Å². The second-order valence-electron chi connectivity index (χ2n) is 5.47. The largest absolute Gasteiger partial charge is 0.480 e. The van der Waals surface area contributed by atoms with Crippen LogP contribution in [0.5, 0.6) is 0 Å². The lowest BCUT2D eigenvalue weighted by atomic mass is 9.68. The second-order valence-corrected chi connectivity index (χ2v) is 5.47. The van der Waals surface area contributed by atoms with Crippen molar-refractivity contribution < 1.29 is 19.5 Å². The molecule has 2 aliphatic rings. The molecular weight excluding hydrogens is 248 g/mol. The third kappa shape index (κ3) is 2.43. The number of carboxylic acid groups (broad SMARTS) is 1. The van der Waals surface area contributed by atoms with E-state index in [1.807, 2.05) is 0 Å². The van der Waals surface area contributed by atoms with Crippen molar-refractivity contribution in [3.63, 3.8) is 0 Å². The number of nitrogens with one attached hydrogen (secondary N) is 1. The van der Waals surface area contributed by atoms with Crippen molar-refractivity contribution in [3.05, 3.63) is 0 Å². The lowest BCUT2D eigenvalue weighted by molar-refractivity contribution is -0.163. The van der Waals surface area contributed by atoms with Gasteiger partial charge >= 0.3 is 5.97 Å². The van der Waals surface area contributed by atoms with E-state index in [0.29, 0.717) is 12.8 Å². The normalized spacial score (nSPS) is 22.5. The molecule has 1 heterocycles. The van der Waals surface area contributed by atoms with Crippen LogP contribution in [0.2, 0.25) is 0 Å². The van der Waals surface area contributed by atoms with Gasteiger partial charge in [-0.3, -0.25) is 14.4 Å². The van der Waals surface area contributed by atoms with Crippen LogP contribution in [0, 0.1) is 5.41 Å². The number of carbonyl (C=O) groups excluding carboxylic acids is 2. The van der Waals surface area contributed by atoms with Crippen LogP contribution in [0.3, 0.4) is 0 Å². The minimum absolute atomic E-state index is 0.120. The van der Waals surface area contributed by atoms with Gasteiger partial charge in [-0.05, 0) is 32.6 Å². The minimum atomic E-state index is -1.31. The first-order valence-electron chi connectivity index (χ1n) is 6.80. The molecule has 1 aliphatic carbocycles. The third-order valence-corrected chi connectivity index (χ3v) is 4.19. The van der Waals surface area contributed by atoms with Gasteiger partial charge in [-0.2, -0.15) is 0 Å².